The van der Waals surface area contributed by atoms with E-state index >= 15 is 0 Å². The fourth-order valence-electron chi connectivity index (χ4n) is 1.31. The number of amidine groups is 1. The first kappa shape index (κ1) is 11.5. The Morgan fingerprint density at radius 2 is 2.07 bits per heavy atom. The Bertz CT molecular complexity index is 333. The average molecular weight is 208 g/mol. The molecule has 0 aliphatic carbocycles. The van der Waals surface area contributed by atoms with E-state index in [2.05, 4.69) is 5.16 Å². The standard InChI is InChI=1S/C11H16N2O2/c1-3-15-10(11(12)13-14)9-6-4-8(2)5-7-9/h4-7,10,14H,3H2,1-2H3,(H2,12,13)/t10-/m0/s1. The van der Waals surface area contributed by atoms with E-state index in [1.54, 1.807) is 0 Å². The maximum absolute atomic E-state index is 8.63. The first-order valence-corrected chi connectivity index (χ1v) is 4.84. The molecule has 0 bridgehead atoms. The van der Waals surface area contributed by atoms with Gasteiger partial charge in [0.25, 0.3) is 0 Å². The molecule has 0 unspecified atom stereocenters. The van der Waals surface area contributed by atoms with Crippen LogP contribution in [0.2, 0.25) is 0 Å². The van der Waals surface area contributed by atoms with Crippen LogP contribution in [-0.2, 0) is 4.74 Å². The van der Waals surface area contributed by atoms with Gasteiger partial charge in [-0.05, 0) is 19.4 Å². The van der Waals surface area contributed by atoms with Crippen molar-refractivity contribution in [3.8, 4) is 0 Å². The summed E-state index contributed by atoms with van der Waals surface area (Å²) in [5, 5.41) is 11.6. The fourth-order valence-corrected chi connectivity index (χ4v) is 1.31. The molecule has 15 heavy (non-hydrogen) atoms. The van der Waals surface area contributed by atoms with Crippen molar-refractivity contribution in [3.63, 3.8) is 0 Å². The molecule has 0 amide bonds. The lowest BCUT2D eigenvalue weighted by molar-refractivity contribution is 0.106. The maximum atomic E-state index is 8.63. The summed E-state index contributed by atoms with van der Waals surface area (Å²) >= 11 is 0. The Balaban J connectivity index is 2.93. The van der Waals surface area contributed by atoms with Crippen LogP contribution >= 0.6 is 0 Å². The van der Waals surface area contributed by atoms with Gasteiger partial charge in [-0.15, -0.1) is 0 Å². The van der Waals surface area contributed by atoms with E-state index in [0.717, 1.165) is 11.1 Å². The van der Waals surface area contributed by atoms with Gasteiger partial charge in [-0.2, -0.15) is 0 Å². The molecule has 1 atom stereocenters. The zero-order chi connectivity index (χ0) is 11.3. The molecule has 0 saturated carbocycles. The van der Waals surface area contributed by atoms with Crippen LogP contribution in [0.1, 0.15) is 24.2 Å². The molecule has 82 valence electrons. The van der Waals surface area contributed by atoms with Gasteiger partial charge in [0.15, 0.2) is 5.84 Å². The number of nitrogens with two attached hydrogens (primary N) is 1. The number of ether oxygens (including phenoxy) is 1. The molecule has 3 N–H and O–H groups in total. The van der Waals surface area contributed by atoms with Crippen LogP contribution in [0, 0.1) is 6.92 Å². The van der Waals surface area contributed by atoms with Crippen molar-refractivity contribution < 1.29 is 9.94 Å². The first-order chi connectivity index (χ1) is 7.19. The zero-order valence-electron chi connectivity index (χ0n) is 8.97. The van der Waals surface area contributed by atoms with E-state index in [-0.39, 0.29) is 5.84 Å². The van der Waals surface area contributed by atoms with Gasteiger partial charge in [-0.1, -0.05) is 35.0 Å². The monoisotopic (exact) mass is 208 g/mol. The van der Waals surface area contributed by atoms with E-state index in [1.165, 1.54) is 0 Å². The largest absolute Gasteiger partial charge is 0.409 e. The third-order valence-electron chi connectivity index (χ3n) is 2.10. The highest BCUT2D eigenvalue weighted by molar-refractivity contribution is 5.85. The summed E-state index contributed by atoms with van der Waals surface area (Å²) in [5.41, 5.74) is 7.60. The number of nitrogens with zero attached hydrogens (tertiary/aromatic N) is 1. The Kier molecular flexibility index (Phi) is 4.12. The van der Waals surface area contributed by atoms with Gasteiger partial charge < -0.3 is 15.7 Å². The van der Waals surface area contributed by atoms with Crippen LogP contribution in [0.15, 0.2) is 29.4 Å². The summed E-state index contributed by atoms with van der Waals surface area (Å²) in [6.07, 6.45) is -0.472. The van der Waals surface area contributed by atoms with Crippen LogP contribution in [-0.4, -0.2) is 17.6 Å². The maximum Gasteiger partial charge on any atom is 0.173 e. The Hall–Kier alpha value is -1.55. The number of aryl methyl sites for hydroxylation is 1. The second kappa shape index (κ2) is 5.36. The summed E-state index contributed by atoms with van der Waals surface area (Å²) < 4.78 is 5.40. The molecule has 0 aliphatic rings. The van der Waals surface area contributed by atoms with Crippen LogP contribution < -0.4 is 5.73 Å². The third kappa shape index (κ3) is 2.95. The van der Waals surface area contributed by atoms with E-state index < -0.39 is 6.10 Å². The molecule has 0 fully saturated rings. The minimum atomic E-state index is -0.472. The molecular formula is C11H16N2O2. The van der Waals surface area contributed by atoms with E-state index in [0.29, 0.717) is 6.61 Å². The van der Waals surface area contributed by atoms with Gasteiger partial charge >= 0.3 is 0 Å². The number of oxime groups is 1. The Morgan fingerprint density at radius 1 is 1.47 bits per heavy atom. The summed E-state index contributed by atoms with van der Waals surface area (Å²) in [5.74, 6) is 0.0701. The number of benzene rings is 1. The van der Waals surface area contributed by atoms with Crippen LogP contribution in [0.4, 0.5) is 0 Å². The molecule has 0 aliphatic heterocycles. The van der Waals surface area contributed by atoms with Crippen LogP contribution in [0.5, 0.6) is 0 Å². The second-order valence-electron chi connectivity index (χ2n) is 3.27. The average Bonchev–Trinajstić information content (AvgIpc) is 2.26. The lowest BCUT2D eigenvalue weighted by Gasteiger charge is -2.15. The molecule has 0 aromatic heterocycles. The molecule has 0 heterocycles. The Labute approximate surface area is 89.4 Å². The topological polar surface area (TPSA) is 67.8 Å². The van der Waals surface area contributed by atoms with Gasteiger partial charge in [0, 0.05) is 6.61 Å². The van der Waals surface area contributed by atoms with Crippen molar-refractivity contribution in [2.75, 3.05) is 6.61 Å². The fraction of sp³-hybridized carbons (Fsp3) is 0.364. The normalized spacial score (nSPS) is 13.9. The highest BCUT2D eigenvalue weighted by Gasteiger charge is 2.16. The van der Waals surface area contributed by atoms with Crippen molar-refractivity contribution in [3.05, 3.63) is 35.4 Å². The van der Waals surface area contributed by atoms with Gasteiger partial charge in [-0.3, -0.25) is 0 Å². The molecule has 4 nitrogen and oxygen atoms in total. The van der Waals surface area contributed by atoms with Crippen molar-refractivity contribution >= 4 is 5.84 Å². The smallest absolute Gasteiger partial charge is 0.173 e. The van der Waals surface area contributed by atoms with E-state index in [9.17, 15) is 0 Å². The first-order valence-electron chi connectivity index (χ1n) is 4.84. The molecule has 1 aromatic carbocycles. The molecule has 4 heteroatoms. The Morgan fingerprint density at radius 3 is 2.53 bits per heavy atom. The lowest BCUT2D eigenvalue weighted by atomic mass is 10.1. The van der Waals surface area contributed by atoms with Crippen LogP contribution in [0.3, 0.4) is 0 Å². The molecule has 0 spiro atoms. The zero-order valence-corrected chi connectivity index (χ0v) is 8.97. The number of rotatable bonds is 4. The predicted octanol–water partition coefficient (Wildman–Crippen LogP) is 1.82. The highest BCUT2D eigenvalue weighted by atomic mass is 16.5. The number of hydrogen-bond acceptors (Lipinski definition) is 3. The quantitative estimate of drug-likeness (QED) is 0.343. The summed E-state index contributed by atoms with van der Waals surface area (Å²) in [4.78, 5) is 0. The predicted molar refractivity (Wildman–Crippen MR) is 59.0 cm³/mol. The van der Waals surface area contributed by atoms with E-state index in [4.69, 9.17) is 15.7 Å². The highest BCUT2D eigenvalue weighted by Crippen LogP contribution is 2.18. The van der Waals surface area contributed by atoms with Gasteiger partial charge in [-0.25, -0.2) is 0 Å². The number of hydrogen-bond donors (Lipinski definition) is 2. The molecule has 0 saturated heterocycles. The van der Waals surface area contributed by atoms with Crippen molar-refractivity contribution in [1.29, 1.82) is 0 Å². The summed E-state index contributed by atoms with van der Waals surface area (Å²) in [6.45, 7) is 4.38. The minimum absolute atomic E-state index is 0.0701. The van der Waals surface area contributed by atoms with Crippen molar-refractivity contribution in [2.45, 2.75) is 20.0 Å². The third-order valence-corrected chi connectivity index (χ3v) is 2.10. The van der Waals surface area contributed by atoms with Gasteiger partial charge in [0.05, 0.1) is 0 Å². The molecule has 1 aromatic rings. The van der Waals surface area contributed by atoms with Crippen molar-refractivity contribution in [1.82, 2.24) is 0 Å². The summed E-state index contributed by atoms with van der Waals surface area (Å²) in [6, 6.07) is 7.75. The molecular weight excluding hydrogens is 192 g/mol. The second-order valence-corrected chi connectivity index (χ2v) is 3.27. The van der Waals surface area contributed by atoms with Gasteiger partial charge in [0.1, 0.15) is 6.10 Å². The minimum Gasteiger partial charge on any atom is -0.409 e. The van der Waals surface area contributed by atoms with Gasteiger partial charge in [0.2, 0.25) is 0 Å². The molecule has 0 radical (unpaired) electrons. The van der Waals surface area contributed by atoms with Crippen LogP contribution in [0.25, 0.3) is 0 Å². The molecule has 1 rings (SSSR count). The SMILES string of the molecule is CCO[C@H](/C(N)=N\O)c1ccc(C)cc1. The van der Waals surface area contributed by atoms with E-state index in [1.807, 2.05) is 38.1 Å². The van der Waals surface area contributed by atoms with Crippen molar-refractivity contribution in [2.24, 2.45) is 10.9 Å². The summed E-state index contributed by atoms with van der Waals surface area (Å²) in [7, 11) is 0. The lowest BCUT2D eigenvalue weighted by Crippen LogP contribution is -2.24.